The number of nitrogens with zero attached hydrogens (tertiary/aromatic N) is 4. The van der Waals surface area contributed by atoms with Crippen molar-refractivity contribution in [2.75, 3.05) is 24.3 Å². The van der Waals surface area contributed by atoms with Gasteiger partial charge in [0.1, 0.15) is 5.75 Å². The number of ether oxygens (including phenoxy) is 1. The van der Waals surface area contributed by atoms with Crippen molar-refractivity contribution in [3.8, 4) is 11.8 Å². The van der Waals surface area contributed by atoms with Crippen molar-refractivity contribution in [1.82, 2.24) is 15.2 Å². The average Bonchev–Trinajstić information content (AvgIpc) is 2.69. The van der Waals surface area contributed by atoms with E-state index in [0.717, 1.165) is 23.4 Å². The second-order valence-electron chi connectivity index (χ2n) is 5.47. The Morgan fingerprint density at radius 2 is 2.04 bits per heavy atom. The number of hydrogen-bond acceptors (Lipinski definition) is 7. The van der Waals surface area contributed by atoms with Crippen molar-refractivity contribution in [1.29, 1.82) is 5.26 Å². The standard InChI is InChI=1S/C19H18N6O/c1-26-17-8-3-2-6-15(17)9-10-21-19-24-18(13-22-25-19)23-16-7-4-5-14(11-16)12-20/h2-8,11,13H,9-10H2,1H3,(H2,21,23,24,25). The van der Waals surface area contributed by atoms with Gasteiger partial charge in [-0.3, -0.25) is 0 Å². The van der Waals surface area contributed by atoms with E-state index >= 15 is 0 Å². The number of anilines is 3. The molecular formula is C19H18N6O. The van der Waals surface area contributed by atoms with Gasteiger partial charge in [0, 0.05) is 12.2 Å². The van der Waals surface area contributed by atoms with E-state index in [9.17, 15) is 0 Å². The number of hydrogen-bond donors (Lipinski definition) is 2. The maximum atomic E-state index is 8.97. The van der Waals surface area contributed by atoms with Crippen LogP contribution in [0.5, 0.6) is 5.75 Å². The molecule has 0 saturated heterocycles. The second-order valence-corrected chi connectivity index (χ2v) is 5.47. The molecule has 3 aromatic rings. The third-order valence-corrected chi connectivity index (χ3v) is 3.69. The van der Waals surface area contributed by atoms with Gasteiger partial charge in [0.15, 0.2) is 5.82 Å². The number of rotatable bonds is 7. The van der Waals surface area contributed by atoms with Crippen molar-refractivity contribution in [2.45, 2.75) is 6.42 Å². The highest BCUT2D eigenvalue weighted by molar-refractivity contribution is 5.58. The van der Waals surface area contributed by atoms with Gasteiger partial charge in [-0.05, 0) is 36.2 Å². The van der Waals surface area contributed by atoms with Crippen molar-refractivity contribution in [2.24, 2.45) is 0 Å². The first-order valence-electron chi connectivity index (χ1n) is 8.11. The van der Waals surface area contributed by atoms with Crippen molar-refractivity contribution < 1.29 is 4.74 Å². The minimum atomic E-state index is 0.432. The molecule has 0 fully saturated rings. The highest BCUT2D eigenvalue weighted by atomic mass is 16.5. The average molecular weight is 346 g/mol. The highest BCUT2D eigenvalue weighted by Crippen LogP contribution is 2.18. The molecule has 3 rings (SSSR count). The first kappa shape index (κ1) is 17.2. The van der Waals surface area contributed by atoms with E-state index in [0.29, 0.717) is 23.9 Å². The second kappa shape index (κ2) is 8.44. The summed E-state index contributed by atoms with van der Waals surface area (Å²) in [5.74, 6) is 1.84. The van der Waals surface area contributed by atoms with E-state index in [1.807, 2.05) is 36.4 Å². The van der Waals surface area contributed by atoms with Crippen molar-refractivity contribution in [3.63, 3.8) is 0 Å². The van der Waals surface area contributed by atoms with Crippen LogP contribution in [0.2, 0.25) is 0 Å². The Balaban J connectivity index is 1.61. The van der Waals surface area contributed by atoms with Crippen LogP contribution in [0.25, 0.3) is 0 Å². The Morgan fingerprint density at radius 3 is 2.88 bits per heavy atom. The van der Waals surface area contributed by atoms with Crippen LogP contribution in [0.1, 0.15) is 11.1 Å². The molecule has 2 aromatic carbocycles. The molecule has 1 aromatic heterocycles. The Kier molecular flexibility index (Phi) is 5.58. The van der Waals surface area contributed by atoms with Crippen LogP contribution >= 0.6 is 0 Å². The zero-order valence-corrected chi connectivity index (χ0v) is 14.3. The van der Waals surface area contributed by atoms with E-state index in [-0.39, 0.29) is 0 Å². The number of para-hydroxylation sites is 1. The van der Waals surface area contributed by atoms with E-state index < -0.39 is 0 Å². The molecule has 0 unspecified atom stereocenters. The number of methoxy groups -OCH3 is 1. The molecule has 0 saturated carbocycles. The minimum absolute atomic E-state index is 0.432. The molecule has 0 amide bonds. The highest BCUT2D eigenvalue weighted by Gasteiger charge is 2.04. The minimum Gasteiger partial charge on any atom is -0.496 e. The van der Waals surface area contributed by atoms with Crippen LogP contribution in [0.15, 0.2) is 54.7 Å². The number of aromatic nitrogens is 3. The lowest BCUT2D eigenvalue weighted by atomic mass is 10.1. The van der Waals surface area contributed by atoms with Gasteiger partial charge >= 0.3 is 0 Å². The lowest BCUT2D eigenvalue weighted by molar-refractivity contribution is 0.410. The molecule has 7 heteroatoms. The molecule has 0 aliphatic carbocycles. The summed E-state index contributed by atoms with van der Waals surface area (Å²) in [4.78, 5) is 4.39. The summed E-state index contributed by atoms with van der Waals surface area (Å²) in [5, 5.41) is 23.2. The predicted molar refractivity (Wildman–Crippen MR) is 99.5 cm³/mol. The van der Waals surface area contributed by atoms with E-state index in [1.54, 1.807) is 19.2 Å². The van der Waals surface area contributed by atoms with Crippen LogP contribution < -0.4 is 15.4 Å². The van der Waals surface area contributed by atoms with Gasteiger partial charge in [0.25, 0.3) is 0 Å². The van der Waals surface area contributed by atoms with Gasteiger partial charge < -0.3 is 15.4 Å². The fraction of sp³-hybridized carbons (Fsp3) is 0.158. The summed E-state index contributed by atoms with van der Waals surface area (Å²) in [6.45, 7) is 0.648. The van der Waals surface area contributed by atoms with E-state index in [4.69, 9.17) is 10.00 Å². The van der Waals surface area contributed by atoms with E-state index in [1.165, 1.54) is 6.20 Å². The summed E-state index contributed by atoms with van der Waals surface area (Å²) in [6, 6.07) is 17.2. The maximum Gasteiger partial charge on any atom is 0.244 e. The van der Waals surface area contributed by atoms with Crippen molar-refractivity contribution in [3.05, 3.63) is 65.9 Å². The fourth-order valence-corrected chi connectivity index (χ4v) is 2.47. The van der Waals surface area contributed by atoms with Crippen LogP contribution in [-0.4, -0.2) is 28.8 Å². The predicted octanol–water partition coefficient (Wildman–Crippen LogP) is 3.15. The summed E-state index contributed by atoms with van der Waals surface area (Å²) < 4.78 is 5.35. The largest absolute Gasteiger partial charge is 0.496 e. The zero-order valence-electron chi connectivity index (χ0n) is 14.3. The molecule has 1 heterocycles. The number of nitrogens with one attached hydrogen (secondary N) is 2. The maximum absolute atomic E-state index is 8.97. The van der Waals surface area contributed by atoms with Gasteiger partial charge in [-0.25, -0.2) is 0 Å². The smallest absolute Gasteiger partial charge is 0.244 e. The van der Waals surface area contributed by atoms with Crippen LogP contribution in [0.3, 0.4) is 0 Å². The topological polar surface area (TPSA) is 95.8 Å². The molecule has 0 atom stereocenters. The molecule has 0 spiro atoms. The normalized spacial score (nSPS) is 10.0. The molecular weight excluding hydrogens is 328 g/mol. The quantitative estimate of drug-likeness (QED) is 0.678. The Labute approximate surface area is 151 Å². The SMILES string of the molecule is COc1ccccc1CCNc1nncc(Nc2cccc(C#N)c2)n1. The zero-order chi connectivity index (χ0) is 18.2. The first-order chi connectivity index (χ1) is 12.8. The number of benzene rings is 2. The Hall–Kier alpha value is -3.66. The van der Waals surface area contributed by atoms with Gasteiger partial charge in [-0.15, -0.1) is 5.10 Å². The van der Waals surface area contributed by atoms with Gasteiger partial charge in [0.2, 0.25) is 5.95 Å². The van der Waals surface area contributed by atoms with Gasteiger partial charge in [-0.1, -0.05) is 24.3 Å². The lowest BCUT2D eigenvalue weighted by Gasteiger charge is -2.10. The monoisotopic (exact) mass is 346 g/mol. The van der Waals surface area contributed by atoms with Gasteiger partial charge in [0.05, 0.1) is 24.9 Å². The molecule has 7 nitrogen and oxygen atoms in total. The molecule has 0 aliphatic heterocycles. The van der Waals surface area contributed by atoms with Crippen LogP contribution in [0, 0.1) is 11.3 Å². The first-order valence-corrected chi connectivity index (χ1v) is 8.11. The number of nitriles is 1. The van der Waals surface area contributed by atoms with Crippen LogP contribution in [0.4, 0.5) is 17.5 Å². The third kappa shape index (κ3) is 4.45. The van der Waals surface area contributed by atoms with Crippen molar-refractivity contribution >= 4 is 17.5 Å². The molecule has 0 radical (unpaired) electrons. The Bertz CT molecular complexity index is 922. The molecule has 0 aliphatic rings. The summed E-state index contributed by atoms with van der Waals surface area (Å²) >= 11 is 0. The molecule has 0 bridgehead atoms. The molecule has 130 valence electrons. The van der Waals surface area contributed by atoms with Gasteiger partial charge in [-0.2, -0.15) is 15.3 Å². The fourth-order valence-electron chi connectivity index (χ4n) is 2.47. The summed E-state index contributed by atoms with van der Waals surface area (Å²) in [5.41, 5.74) is 2.45. The molecule has 26 heavy (non-hydrogen) atoms. The lowest BCUT2D eigenvalue weighted by Crippen LogP contribution is -2.10. The molecule has 2 N–H and O–H groups in total. The summed E-state index contributed by atoms with van der Waals surface area (Å²) in [7, 11) is 1.66. The Morgan fingerprint density at radius 1 is 1.15 bits per heavy atom. The van der Waals surface area contributed by atoms with Crippen LogP contribution in [-0.2, 0) is 6.42 Å². The van der Waals surface area contributed by atoms with E-state index in [2.05, 4.69) is 31.9 Å². The third-order valence-electron chi connectivity index (χ3n) is 3.69. The summed E-state index contributed by atoms with van der Waals surface area (Å²) in [6.07, 6.45) is 2.31.